The van der Waals surface area contributed by atoms with Gasteiger partial charge in [0.2, 0.25) is 0 Å². The molecule has 2 heteroatoms. The maximum absolute atomic E-state index is 11.5. The summed E-state index contributed by atoms with van der Waals surface area (Å²) in [6.07, 6.45) is 5.75. The Morgan fingerprint density at radius 3 is 2.33 bits per heavy atom. The molecule has 1 aliphatic heterocycles. The predicted molar refractivity (Wildman–Crippen MR) is 140 cm³/mol. The number of phenols is 1. The van der Waals surface area contributed by atoms with Crippen molar-refractivity contribution in [2.45, 2.75) is 72.1 Å². The lowest BCUT2D eigenvalue weighted by molar-refractivity contribution is 0.0645. The largest absolute Gasteiger partial charge is 0.507 e. The quantitative estimate of drug-likeness (QED) is 0.387. The third kappa shape index (κ3) is 2.85. The topological polar surface area (TPSA) is 23.5 Å². The molecular weight excluding hydrogens is 402 g/mol. The summed E-state index contributed by atoms with van der Waals surface area (Å²) >= 11 is 0. The normalized spacial score (nSPS) is 21.7. The lowest BCUT2D eigenvalue weighted by atomic mass is 9.52. The number of anilines is 1. The van der Waals surface area contributed by atoms with Gasteiger partial charge in [-0.1, -0.05) is 52.0 Å². The molecule has 6 rings (SSSR count). The second-order valence-corrected chi connectivity index (χ2v) is 12.8. The zero-order valence-corrected chi connectivity index (χ0v) is 21.1. The van der Waals surface area contributed by atoms with Gasteiger partial charge in [-0.05, 0) is 101 Å². The lowest BCUT2D eigenvalue weighted by Gasteiger charge is -2.51. The molecule has 0 atom stereocenters. The highest BCUT2D eigenvalue weighted by atomic mass is 16.3. The second-order valence-electron chi connectivity index (χ2n) is 12.8. The molecule has 1 spiro atoms. The Kier molecular flexibility index (Phi) is 4.19. The lowest BCUT2D eigenvalue weighted by Crippen LogP contribution is -2.43. The monoisotopic (exact) mass is 439 g/mol. The van der Waals surface area contributed by atoms with E-state index in [1.807, 2.05) is 0 Å². The summed E-state index contributed by atoms with van der Waals surface area (Å²) in [4.78, 5) is 2.42. The van der Waals surface area contributed by atoms with Gasteiger partial charge in [0.05, 0.1) is 0 Å². The summed E-state index contributed by atoms with van der Waals surface area (Å²) in [7, 11) is 2.22. The molecule has 0 saturated heterocycles. The molecule has 1 N–H and O–H groups in total. The first kappa shape index (κ1) is 21.1. The Labute approximate surface area is 198 Å². The van der Waals surface area contributed by atoms with Gasteiger partial charge in [-0.15, -0.1) is 0 Å². The van der Waals surface area contributed by atoms with Crippen LogP contribution in [0.4, 0.5) is 5.69 Å². The summed E-state index contributed by atoms with van der Waals surface area (Å²) in [5, 5.41) is 13.8. The molecule has 3 aromatic carbocycles. The van der Waals surface area contributed by atoms with E-state index in [2.05, 4.69) is 83.0 Å². The van der Waals surface area contributed by atoms with Gasteiger partial charge in [0, 0.05) is 30.1 Å². The van der Waals surface area contributed by atoms with Crippen molar-refractivity contribution in [1.82, 2.24) is 0 Å². The molecule has 3 aromatic rings. The van der Waals surface area contributed by atoms with Crippen molar-refractivity contribution in [1.29, 1.82) is 0 Å². The highest BCUT2D eigenvalue weighted by Crippen LogP contribution is 2.65. The number of phenolic OH excluding ortho intramolecular Hbond substituents is 1. The fourth-order valence-corrected chi connectivity index (χ4v) is 8.58. The first-order valence-corrected chi connectivity index (χ1v) is 12.7. The second kappa shape index (κ2) is 6.56. The summed E-state index contributed by atoms with van der Waals surface area (Å²) in [5.41, 5.74) is 10.2. The third-order valence-electron chi connectivity index (χ3n) is 8.72. The summed E-state index contributed by atoms with van der Waals surface area (Å²) in [6.45, 7) is 13.1. The molecule has 0 radical (unpaired) electrons. The molecule has 1 saturated carbocycles. The van der Waals surface area contributed by atoms with Gasteiger partial charge in [0.25, 0.3) is 0 Å². The SMILES string of the molecule is Cc1cc2c(O)cc3c(c2c2c1N(C)CCC2)-c1ccccc1C31CC(C)(C)CC(C)(C)C1. The van der Waals surface area contributed by atoms with Gasteiger partial charge < -0.3 is 10.0 Å². The fourth-order valence-electron chi connectivity index (χ4n) is 8.58. The molecular formula is C31H37NO. The highest BCUT2D eigenvalue weighted by molar-refractivity contribution is 6.09. The van der Waals surface area contributed by atoms with Crippen LogP contribution in [0.15, 0.2) is 36.4 Å². The molecule has 1 heterocycles. The molecule has 33 heavy (non-hydrogen) atoms. The average molecular weight is 440 g/mol. The van der Waals surface area contributed by atoms with E-state index in [-0.39, 0.29) is 16.2 Å². The van der Waals surface area contributed by atoms with Crippen LogP contribution in [0.3, 0.4) is 0 Å². The number of rotatable bonds is 0. The van der Waals surface area contributed by atoms with Gasteiger partial charge in [0.15, 0.2) is 0 Å². The van der Waals surface area contributed by atoms with Crippen LogP contribution in [-0.4, -0.2) is 18.7 Å². The number of benzene rings is 3. The van der Waals surface area contributed by atoms with Gasteiger partial charge in [-0.3, -0.25) is 0 Å². The standard InChI is InChI=1S/C31H37NO/c1-19-14-22-25(33)15-24-27(26(22)21-11-9-13-32(6)28(19)21)20-10-7-8-12-23(20)31(24)17-29(2,3)16-30(4,5)18-31/h7-8,10,12,14-15,33H,9,11,13,16-18H2,1-6H3. The Hall–Kier alpha value is -2.48. The molecule has 172 valence electrons. The first-order valence-electron chi connectivity index (χ1n) is 12.7. The van der Waals surface area contributed by atoms with Crippen LogP contribution in [0.2, 0.25) is 0 Å². The predicted octanol–water partition coefficient (Wildman–Crippen LogP) is 7.74. The van der Waals surface area contributed by atoms with Crippen molar-refractivity contribution < 1.29 is 5.11 Å². The third-order valence-corrected chi connectivity index (χ3v) is 8.72. The Morgan fingerprint density at radius 1 is 0.909 bits per heavy atom. The summed E-state index contributed by atoms with van der Waals surface area (Å²) < 4.78 is 0. The van der Waals surface area contributed by atoms with Crippen LogP contribution in [0.5, 0.6) is 5.75 Å². The fraction of sp³-hybridized carbons (Fsp3) is 0.484. The van der Waals surface area contributed by atoms with E-state index in [4.69, 9.17) is 0 Å². The van der Waals surface area contributed by atoms with E-state index in [0.717, 1.165) is 31.2 Å². The van der Waals surface area contributed by atoms with Crippen LogP contribution in [0.25, 0.3) is 21.9 Å². The molecule has 0 unspecified atom stereocenters. The smallest absolute Gasteiger partial charge is 0.123 e. The van der Waals surface area contributed by atoms with E-state index >= 15 is 0 Å². The molecule has 2 nitrogen and oxygen atoms in total. The van der Waals surface area contributed by atoms with Crippen molar-refractivity contribution in [3.63, 3.8) is 0 Å². The van der Waals surface area contributed by atoms with E-state index in [9.17, 15) is 5.11 Å². The van der Waals surface area contributed by atoms with E-state index in [1.54, 1.807) is 0 Å². The molecule has 0 aromatic heterocycles. The highest BCUT2D eigenvalue weighted by Gasteiger charge is 2.53. The van der Waals surface area contributed by atoms with Crippen LogP contribution in [-0.2, 0) is 11.8 Å². The zero-order valence-electron chi connectivity index (χ0n) is 21.1. The van der Waals surface area contributed by atoms with Crippen LogP contribution < -0.4 is 4.90 Å². The molecule has 2 aliphatic carbocycles. The number of fused-ring (bicyclic) bond motifs is 9. The van der Waals surface area contributed by atoms with Crippen LogP contribution >= 0.6 is 0 Å². The molecule has 3 aliphatic rings. The van der Waals surface area contributed by atoms with Crippen LogP contribution in [0.1, 0.15) is 75.6 Å². The summed E-state index contributed by atoms with van der Waals surface area (Å²) in [6, 6.07) is 13.5. The van der Waals surface area contributed by atoms with E-state index in [0.29, 0.717) is 5.75 Å². The van der Waals surface area contributed by atoms with Gasteiger partial charge in [0.1, 0.15) is 5.75 Å². The van der Waals surface area contributed by atoms with Gasteiger partial charge in [-0.25, -0.2) is 0 Å². The van der Waals surface area contributed by atoms with Gasteiger partial charge >= 0.3 is 0 Å². The minimum absolute atomic E-state index is 0.0405. The van der Waals surface area contributed by atoms with Crippen molar-refractivity contribution in [3.05, 3.63) is 58.7 Å². The minimum atomic E-state index is -0.0405. The Morgan fingerprint density at radius 2 is 1.61 bits per heavy atom. The maximum atomic E-state index is 11.5. The molecule has 1 fully saturated rings. The van der Waals surface area contributed by atoms with Crippen molar-refractivity contribution >= 4 is 16.5 Å². The molecule has 0 amide bonds. The number of aryl methyl sites for hydroxylation is 2. The number of nitrogens with zero attached hydrogens (tertiary/aromatic N) is 1. The van der Waals surface area contributed by atoms with Gasteiger partial charge in [-0.2, -0.15) is 0 Å². The van der Waals surface area contributed by atoms with Crippen LogP contribution in [0, 0.1) is 17.8 Å². The van der Waals surface area contributed by atoms with Crippen molar-refractivity contribution in [2.75, 3.05) is 18.5 Å². The first-order chi connectivity index (χ1) is 15.5. The van der Waals surface area contributed by atoms with Crippen molar-refractivity contribution in [3.8, 4) is 16.9 Å². The molecule has 0 bridgehead atoms. The average Bonchev–Trinajstić information content (AvgIpc) is 2.95. The Bertz CT molecular complexity index is 1300. The minimum Gasteiger partial charge on any atom is -0.507 e. The van der Waals surface area contributed by atoms with Crippen molar-refractivity contribution in [2.24, 2.45) is 10.8 Å². The zero-order chi connectivity index (χ0) is 23.3. The summed E-state index contributed by atoms with van der Waals surface area (Å²) in [5.74, 6) is 0.455. The number of hydrogen-bond donors (Lipinski definition) is 1. The van der Waals surface area contributed by atoms with E-state index in [1.165, 1.54) is 57.3 Å². The Balaban J connectivity index is 1.77. The number of hydrogen-bond acceptors (Lipinski definition) is 2. The maximum Gasteiger partial charge on any atom is 0.123 e. The number of aromatic hydroxyl groups is 1. The van der Waals surface area contributed by atoms with E-state index < -0.39 is 0 Å².